The molecule has 0 unspecified atom stereocenters. The number of alkyl halides is 2. The lowest BCUT2D eigenvalue weighted by Gasteiger charge is -2.14. The molecule has 0 bridgehead atoms. The van der Waals surface area contributed by atoms with E-state index >= 15 is 0 Å². The molecule has 5 aromatic rings. The van der Waals surface area contributed by atoms with E-state index in [4.69, 9.17) is 4.42 Å². The van der Waals surface area contributed by atoms with Gasteiger partial charge < -0.3 is 18.5 Å². The first-order valence-corrected chi connectivity index (χ1v) is 14.1. The van der Waals surface area contributed by atoms with Gasteiger partial charge in [-0.1, -0.05) is 18.2 Å². The van der Waals surface area contributed by atoms with Crippen molar-refractivity contribution in [1.29, 1.82) is 0 Å². The maximum atomic E-state index is 13.7. The van der Waals surface area contributed by atoms with E-state index in [1.807, 2.05) is 48.9 Å². The Balaban J connectivity index is 1.56. The lowest BCUT2D eigenvalue weighted by molar-refractivity contribution is -0.286. The van der Waals surface area contributed by atoms with Crippen LogP contribution < -0.4 is 9.47 Å². The van der Waals surface area contributed by atoms with Crippen LogP contribution in [0.3, 0.4) is 0 Å². The van der Waals surface area contributed by atoms with E-state index in [-0.39, 0.29) is 16.4 Å². The summed E-state index contributed by atoms with van der Waals surface area (Å²) in [5.41, 5.74) is 4.53. The number of oxazole rings is 1. The quantitative estimate of drug-likeness (QED) is 0.240. The molecule has 0 spiro atoms. The second-order valence-corrected chi connectivity index (χ2v) is 11.6. The predicted octanol–water partition coefficient (Wildman–Crippen LogP) is 6.51. The third-order valence-corrected chi connectivity index (χ3v) is 7.62. The van der Waals surface area contributed by atoms with Crippen LogP contribution in [0.25, 0.3) is 39.4 Å². The third kappa shape index (κ3) is 4.62. The summed E-state index contributed by atoms with van der Waals surface area (Å²) in [4.78, 5) is 9.30. The maximum absolute atomic E-state index is 13.7. The van der Waals surface area contributed by atoms with Crippen LogP contribution >= 0.6 is 0 Å². The Morgan fingerprint density at radius 1 is 0.850 bits per heavy atom. The van der Waals surface area contributed by atoms with Gasteiger partial charge in [0, 0.05) is 30.5 Å². The molecule has 8 nitrogen and oxygen atoms in total. The summed E-state index contributed by atoms with van der Waals surface area (Å²) in [6.45, 7) is 5.46. The van der Waals surface area contributed by atoms with Crippen LogP contribution in [0.15, 0.2) is 76.2 Å². The summed E-state index contributed by atoms with van der Waals surface area (Å²) in [6, 6.07) is 16.8. The van der Waals surface area contributed by atoms with Crippen molar-refractivity contribution in [2.24, 2.45) is 0 Å². The first-order valence-electron chi connectivity index (χ1n) is 12.2. The summed E-state index contributed by atoms with van der Waals surface area (Å²) in [7, 11) is -3.42. The van der Waals surface area contributed by atoms with Crippen LogP contribution in [0, 0.1) is 20.8 Å². The number of hydrogen-bond acceptors (Lipinski definition) is 7. The number of ether oxygens (including phenoxy) is 2. The molecule has 0 amide bonds. The molecule has 204 valence electrons. The molecular formula is C29H23F2N3O5S. The van der Waals surface area contributed by atoms with Crippen molar-refractivity contribution in [3.05, 3.63) is 84.3 Å². The van der Waals surface area contributed by atoms with Gasteiger partial charge in [-0.05, 0) is 67.4 Å². The van der Waals surface area contributed by atoms with Gasteiger partial charge in [-0.3, -0.25) is 0 Å². The molecule has 3 heterocycles. The minimum absolute atomic E-state index is 0.0755. The van der Waals surface area contributed by atoms with Crippen molar-refractivity contribution in [1.82, 2.24) is 14.5 Å². The molecule has 0 aliphatic carbocycles. The van der Waals surface area contributed by atoms with Gasteiger partial charge in [-0.15, -0.1) is 8.78 Å². The first kappa shape index (κ1) is 25.8. The highest BCUT2D eigenvalue weighted by molar-refractivity contribution is 7.90. The van der Waals surface area contributed by atoms with E-state index in [2.05, 4.69) is 19.4 Å². The second kappa shape index (κ2) is 9.02. The van der Waals surface area contributed by atoms with Gasteiger partial charge in [0.2, 0.25) is 0 Å². The molecule has 0 saturated carbocycles. The van der Waals surface area contributed by atoms with Gasteiger partial charge in [-0.25, -0.2) is 18.4 Å². The monoisotopic (exact) mass is 563 g/mol. The lowest BCUT2D eigenvalue weighted by atomic mass is 9.98. The van der Waals surface area contributed by atoms with Crippen molar-refractivity contribution in [3.8, 4) is 50.9 Å². The summed E-state index contributed by atoms with van der Waals surface area (Å²) >= 11 is 0. The smallest absolute Gasteiger partial charge is 0.440 e. The van der Waals surface area contributed by atoms with Gasteiger partial charge in [-0.2, -0.15) is 0 Å². The zero-order chi connectivity index (χ0) is 28.4. The molecule has 0 N–H and O–H groups in total. The average molecular weight is 564 g/mol. The van der Waals surface area contributed by atoms with E-state index in [0.29, 0.717) is 34.0 Å². The standard InChI is InChI=1S/C29H23F2N3O5S/c1-16-15-34(17(2)32-16)24-10-8-20(19-6-5-7-22(12-19)40(4,35)36)13-23(24)28-27(33-18(3)37-28)21-9-11-25-26(14-21)39-29(30,31)38-25/h5-15H,1-4H3. The maximum Gasteiger partial charge on any atom is 0.586 e. The minimum Gasteiger partial charge on any atom is -0.440 e. The molecule has 0 saturated heterocycles. The van der Waals surface area contributed by atoms with Crippen LogP contribution in [0.2, 0.25) is 0 Å². The molecule has 3 aromatic carbocycles. The number of fused-ring (bicyclic) bond motifs is 1. The van der Waals surface area contributed by atoms with Crippen molar-refractivity contribution in [3.63, 3.8) is 0 Å². The highest BCUT2D eigenvalue weighted by atomic mass is 32.2. The van der Waals surface area contributed by atoms with Crippen molar-refractivity contribution in [2.45, 2.75) is 32.0 Å². The van der Waals surface area contributed by atoms with Crippen LogP contribution in [-0.2, 0) is 9.84 Å². The van der Waals surface area contributed by atoms with Gasteiger partial charge in [0.25, 0.3) is 0 Å². The topological polar surface area (TPSA) is 96.5 Å². The zero-order valence-corrected chi connectivity index (χ0v) is 22.7. The van der Waals surface area contributed by atoms with E-state index in [1.165, 1.54) is 12.1 Å². The molecule has 6 rings (SSSR count). The number of halogens is 2. The number of sulfone groups is 1. The first-order chi connectivity index (χ1) is 18.9. The zero-order valence-electron chi connectivity index (χ0n) is 21.9. The largest absolute Gasteiger partial charge is 0.586 e. The highest BCUT2D eigenvalue weighted by Crippen LogP contribution is 2.45. The Labute approximate surface area is 228 Å². The third-order valence-electron chi connectivity index (χ3n) is 6.51. The van der Waals surface area contributed by atoms with E-state index in [0.717, 1.165) is 29.0 Å². The SMILES string of the molecule is Cc1cn(-c2ccc(-c3cccc(S(C)(=O)=O)c3)cc2-c2oc(C)nc2-c2ccc3c(c2)OC(F)(F)O3)c(C)n1. The van der Waals surface area contributed by atoms with Crippen LogP contribution in [0.1, 0.15) is 17.4 Å². The van der Waals surface area contributed by atoms with Gasteiger partial charge >= 0.3 is 6.29 Å². The average Bonchev–Trinajstić information content (AvgIpc) is 3.54. The number of hydrogen-bond donors (Lipinski definition) is 0. The van der Waals surface area contributed by atoms with E-state index in [1.54, 1.807) is 31.2 Å². The summed E-state index contributed by atoms with van der Waals surface area (Å²) in [6.07, 6.45) is -0.693. The highest BCUT2D eigenvalue weighted by Gasteiger charge is 2.43. The molecular weight excluding hydrogens is 540 g/mol. The van der Waals surface area contributed by atoms with Gasteiger partial charge in [0.15, 0.2) is 33.0 Å². The van der Waals surface area contributed by atoms with Gasteiger partial charge in [0.05, 0.1) is 16.3 Å². The molecule has 0 radical (unpaired) electrons. The summed E-state index contributed by atoms with van der Waals surface area (Å²) in [5, 5.41) is 0. The fourth-order valence-electron chi connectivity index (χ4n) is 4.78. The van der Waals surface area contributed by atoms with E-state index in [9.17, 15) is 17.2 Å². The fourth-order valence-corrected chi connectivity index (χ4v) is 5.44. The molecule has 1 aliphatic rings. The number of aryl methyl sites for hydroxylation is 3. The van der Waals surface area contributed by atoms with Crippen molar-refractivity contribution >= 4 is 9.84 Å². The molecule has 0 fully saturated rings. The molecule has 0 atom stereocenters. The van der Waals surface area contributed by atoms with E-state index < -0.39 is 16.1 Å². The lowest BCUT2D eigenvalue weighted by Crippen LogP contribution is -2.25. The normalized spacial score (nSPS) is 14.1. The Kier molecular flexibility index (Phi) is 5.81. The minimum atomic E-state index is -3.75. The Morgan fingerprint density at radius 2 is 1.57 bits per heavy atom. The number of nitrogens with zero attached hydrogens (tertiary/aromatic N) is 3. The Morgan fingerprint density at radius 3 is 2.30 bits per heavy atom. The van der Waals surface area contributed by atoms with Crippen LogP contribution in [0.5, 0.6) is 11.5 Å². The fraction of sp³-hybridized carbons (Fsp3) is 0.172. The van der Waals surface area contributed by atoms with Crippen LogP contribution in [0.4, 0.5) is 8.78 Å². The summed E-state index contributed by atoms with van der Waals surface area (Å²) < 4.78 is 69.0. The number of imidazole rings is 1. The Bertz CT molecular complexity index is 1910. The number of aromatic nitrogens is 3. The number of benzene rings is 3. The molecule has 2 aromatic heterocycles. The van der Waals surface area contributed by atoms with Crippen LogP contribution in [-0.4, -0.2) is 35.5 Å². The van der Waals surface area contributed by atoms with Gasteiger partial charge in [0.1, 0.15) is 11.5 Å². The number of rotatable bonds is 5. The Hall–Kier alpha value is -4.51. The molecule has 1 aliphatic heterocycles. The second-order valence-electron chi connectivity index (χ2n) is 9.57. The van der Waals surface area contributed by atoms with Crippen molar-refractivity contribution in [2.75, 3.05) is 6.26 Å². The molecule has 11 heteroatoms. The predicted molar refractivity (Wildman–Crippen MR) is 143 cm³/mol. The summed E-state index contributed by atoms with van der Waals surface area (Å²) in [5.74, 6) is 1.32. The molecule has 40 heavy (non-hydrogen) atoms. The van der Waals surface area contributed by atoms with Crippen molar-refractivity contribution < 1.29 is 31.1 Å².